The van der Waals surface area contributed by atoms with Gasteiger partial charge in [-0.25, -0.2) is 0 Å². The molecule has 0 N–H and O–H groups in total. The molecule has 0 saturated carbocycles. The van der Waals surface area contributed by atoms with Crippen LogP contribution in [-0.4, -0.2) is 12.6 Å². The van der Waals surface area contributed by atoms with Crippen LogP contribution in [0.2, 0.25) is 0 Å². The van der Waals surface area contributed by atoms with Crippen molar-refractivity contribution in [1.82, 2.24) is 0 Å². The third-order valence-corrected chi connectivity index (χ3v) is 17.8. The van der Waals surface area contributed by atoms with Crippen LogP contribution in [0.25, 0.3) is 66.8 Å². The minimum absolute atomic E-state index is 0.580. The molecule has 9 aromatic rings. The Balaban J connectivity index is 1.48. The number of benzene rings is 9. The Bertz CT molecular complexity index is 5590. The molecule has 56 heteroatoms. The first-order chi connectivity index (χ1) is 56.9. The maximum Gasteiger partial charge on any atom is 0.489 e. The molecule has 2 nitrogen and oxygen atoms in total. The molecule has 0 amide bonds. The van der Waals surface area contributed by atoms with Crippen molar-refractivity contribution in [2.24, 2.45) is 0 Å². The molecular formula is C72H22F54N2. The Labute approximate surface area is 669 Å². The lowest BCUT2D eigenvalue weighted by Crippen LogP contribution is -2.38. The van der Waals surface area contributed by atoms with E-state index in [4.69, 9.17) is 0 Å². The third-order valence-electron chi connectivity index (χ3n) is 17.8. The minimum atomic E-state index is -7.88. The van der Waals surface area contributed by atoms with Crippen LogP contribution in [0.1, 0.15) is 89.0 Å². The van der Waals surface area contributed by atoms with Crippen molar-refractivity contribution >= 4 is 22.7 Å². The van der Waals surface area contributed by atoms with Crippen molar-refractivity contribution < 1.29 is 237 Å². The summed E-state index contributed by atoms with van der Waals surface area (Å²) in [4.78, 5) is -5.88. The van der Waals surface area contributed by atoms with E-state index in [-0.39, 0.29) is 0 Å². The summed E-state index contributed by atoms with van der Waals surface area (Å²) in [5.74, 6) is 0. The Morgan fingerprint density at radius 1 is 0.148 bits per heavy atom. The quantitative estimate of drug-likeness (QED) is 0.0995. The molecule has 9 rings (SSSR count). The van der Waals surface area contributed by atoms with E-state index in [1.54, 1.807) is 0 Å². The van der Waals surface area contributed by atoms with Crippen LogP contribution < -0.4 is 9.80 Å². The predicted molar refractivity (Wildman–Crippen MR) is 328 cm³/mol. The standard InChI is InChI=1S/C72H22F54N2/c73-55(74,75)29-11-27(12-30(15-29)56(76,77)78)44-47(65(103,104)105)42(49(67(109,110)111)51(69(115,116)117)53(44)127(71(121,122)123)37-19-33(59(85,86)87)17-34(20-37)60(88,89)90)25-3-1-23(2-4-25)39-9-10-40(63(97,98)99)41(46(39)64(100,101)102)24-5-7-26(8-6-24)43-48(66(106,107)108)45(28-13-31(57(79,80)81)16-32(14-28)58(82,83)84)54(52(70(118,119)120)50(43)68(112,113)114)128(72(124,125)126)38-21-35(61(91,92)93)18-36(22-38)62(94,95)96/h1-22H. The molecule has 0 spiro atoms. The van der Waals surface area contributed by atoms with E-state index in [1.165, 1.54) is 0 Å². The number of rotatable bonds is 10. The zero-order chi connectivity index (χ0) is 98.2. The number of anilines is 4. The van der Waals surface area contributed by atoms with Crippen LogP contribution in [0.3, 0.4) is 0 Å². The highest BCUT2D eigenvalue weighted by atomic mass is 19.5. The first-order valence-corrected chi connectivity index (χ1v) is 32.3. The molecule has 0 aromatic heterocycles. The highest BCUT2D eigenvalue weighted by Gasteiger charge is 2.61. The summed E-state index contributed by atoms with van der Waals surface area (Å²) in [6.07, 6.45) is -129. The van der Waals surface area contributed by atoms with Crippen molar-refractivity contribution in [3.63, 3.8) is 0 Å². The van der Waals surface area contributed by atoms with Gasteiger partial charge in [0.05, 0.1) is 112 Å². The monoisotopic (exact) mass is 1940 g/mol. The van der Waals surface area contributed by atoms with Gasteiger partial charge in [-0.1, -0.05) is 54.6 Å². The smallest absolute Gasteiger partial charge is 0.252 e. The van der Waals surface area contributed by atoms with Crippen molar-refractivity contribution in [3.8, 4) is 66.8 Å². The summed E-state index contributed by atoms with van der Waals surface area (Å²) < 4.78 is 825. The van der Waals surface area contributed by atoms with E-state index in [2.05, 4.69) is 0 Å². The molecule has 0 fully saturated rings. The lowest BCUT2D eigenvalue weighted by Gasteiger charge is -2.36. The van der Waals surface area contributed by atoms with Gasteiger partial charge in [-0.15, -0.1) is 26.3 Å². The lowest BCUT2D eigenvalue weighted by molar-refractivity contribution is -0.163. The first-order valence-electron chi connectivity index (χ1n) is 32.3. The normalized spacial score (nSPS) is 14.2. The molecule has 698 valence electrons. The molecule has 0 radical (unpaired) electrons. The summed E-state index contributed by atoms with van der Waals surface area (Å²) in [6.45, 7) is 0. The molecule has 0 aliphatic heterocycles. The molecular weight excluding hydrogens is 1920 g/mol. The lowest BCUT2D eigenvalue weighted by atomic mass is 9.80. The van der Waals surface area contributed by atoms with E-state index < -0.39 is 433 Å². The second-order valence-electron chi connectivity index (χ2n) is 26.2. The second-order valence-corrected chi connectivity index (χ2v) is 26.2. The van der Waals surface area contributed by atoms with Gasteiger partial charge in [0, 0.05) is 27.8 Å². The Hall–Kier alpha value is -11.2. The van der Waals surface area contributed by atoms with Crippen LogP contribution in [0, 0.1) is 0 Å². The fourth-order valence-electron chi connectivity index (χ4n) is 13.2. The van der Waals surface area contributed by atoms with E-state index in [9.17, 15) is 105 Å². The summed E-state index contributed by atoms with van der Waals surface area (Å²) >= 11 is 0. The molecule has 0 heterocycles. The molecule has 128 heavy (non-hydrogen) atoms. The van der Waals surface area contributed by atoms with E-state index in [0.717, 1.165) is 0 Å². The molecule has 0 atom stereocenters. The van der Waals surface area contributed by atoms with Crippen molar-refractivity contribution in [1.29, 1.82) is 0 Å². The molecule has 0 unspecified atom stereocenters. The van der Waals surface area contributed by atoms with Crippen LogP contribution in [0.15, 0.2) is 133 Å². The molecule has 0 bridgehead atoms. The topological polar surface area (TPSA) is 6.48 Å². The van der Waals surface area contributed by atoms with Crippen LogP contribution in [0.5, 0.6) is 0 Å². The van der Waals surface area contributed by atoms with Crippen molar-refractivity contribution in [2.45, 2.75) is 111 Å². The predicted octanol–water partition coefficient (Wildman–Crippen LogP) is 33.3. The van der Waals surface area contributed by atoms with Crippen LogP contribution >= 0.6 is 0 Å². The zero-order valence-electron chi connectivity index (χ0n) is 59.0. The highest BCUT2D eigenvalue weighted by Crippen LogP contribution is 2.66. The van der Waals surface area contributed by atoms with E-state index >= 15 is 132 Å². The Morgan fingerprint density at radius 3 is 0.547 bits per heavy atom. The summed E-state index contributed by atoms with van der Waals surface area (Å²) in [6, 6.07) is -23.9. The number of hydrogen-bond acceptors (Lipinski definition) is 2. The fourth-order valence-corrected chi connectivity index (χ4v) is 13.2. The maximum absolute atomic E-state index is 16.3. The number of nitrogens with zero attached hydrogens (tertiary/aromatic N) is 2. The second kappa shape index (κ2) is 31.3. The van der Waals surface area contributed by atoms with Gasteiger partial charge < -0.3 is 0 Å². The maximum atomic E-state index is 16.3. The number of hydrogen-bond donors (Lipinski definition) is 0. The van der Waals surface area contributed by atoms with E-state index in [0.29, 0.717) is 0 Å². The molecule has 0 aliphatic carbocycles. The van der Waals surface area contributed by atoms with E-state index in [1.807, 2.05) is 0 Å². The number of halogens is 54. The molecule has 0 aliphatic rings. The number of alkyl halides is 54. The van der Waals surface area contributed by atoms with Gasteiger partial charge in [0.15, 0.2) is 0 Å². The largest absolute Gasteiger partial charge is 0.489 e. The van der Waals surface area contributed by atoms with Gasteiger partial charge in [-0.2, -0.15) is 211 Å². The van der Waals surface area contributed by atoms with Gasteiger partial charge in [0.1, 0.15) is 0 Å². The Kier molecular flexibility index (Phi) is 24.6. The molecule has 9 aromatic carbocycles. The van der Waals surface area contributed by atoms with Gasteiger partial charge >= 0.3 is 111 Å². The fraction of sp³-hybridized carbons (Fsp3) is 0.250. The Morgan fingerprint density at radius 2 is 0.352 bits per heavy atom. The average molecular weight is 1940 g/mol. The van der Waals surface area contributed by atoms with Crippen molar-refractivity contribution in [2.75, 3.05) is 9.80 Å². The van der Waals surface area contributed by atoms with Crippen molar-refractivity contribution in [3.05, 3.63) is 222 Å². The van der Waals surface area contributed by atoms with Gasteiger partial charge in [-0.3, -0.25) is 9.80 Å². The molecule has 0 saturated heterocycles. The average Bonchev–Trinajstić information content (AvgIpc) is 0.699. The summed E-state index contributed by atoms with van der Waals surface area (Å²) in [5.41, 5.74) is -111. The third kappa shape index (κ3) is 20.4. The summed E-state index contributed by atoms with van der Waals surface area (Å²) in [7, 11) is 0. The van der Waals surface area contributed by atoms with Crippen LogP contribution in [0.4, 0.5) is 260 Å². The minimum Gasteiger partial charge on any atom is -0.252 e. The van der Waals surface area contributed by atoms with Crippen LogP contribution in [-0.2, 0) is 98.8 Å². The first kappa shape index (κ1) is 101. The van der Waals surface area contributed by atoms with Gasteiger partial charge in [0.25, 0.3) is 0 Å². The van der Waals surface area contributed by atoms with Gasteiger partial charge in [-0.05, 0) is 118 Å². The SMILES string of the molecule is FC(F)(F)c1cc(-c2c(N(c3cc(C(F)(F)F)cc(C(F)(F)F)c3)C(F)(F)F)c(C(F)(F)F)c(C(F)(F)F)c(-c3ccc(-c4ccc(C(F)(F)F)c(-c5ccc(-c6c(C(F)(F)F)c(-c7cc(C(F)(F)F)cc(C(F)(F)F)c7)c(N(c7cc(C(F)(F)F)cc(C(F)(F)F)c7)C(F)(F)F)c(C(F)(F)F)c6C(F)(F)F)cc5)c4C(F)(F)F)cc3)c2C(F)(F)F)cc(C(F)(F)F)c1. The summed E-state index contributed by atoms with van der Waals surface area (Å²) in [5, 5.41) is 0. The highest BCUT2D eigenvalue weighted by molar-refractivity contribution is 5.99. The van der Waals surface area contributed by atoms with Gasteiger partial charge in [0.2, 0.25) is 0 Å². The zero-order valence-corrected chi connectivity index (χ0v) is 59.0.